The number of aromatic nitrogens is 1. The van der Waals surface area contributed by atoms with Gasteiger partial charge in [-0.2, -0.15) is 0 Å². The number of furan rings is 1. The minimum absolute atomic E-state index is 0.143. The normalized spacial score (nSPS) is 11.9. The maximum Gasteiger partial charge on any atom is 0.371 e. The monoisotopic (exact) mass is 327 g/mol. The fourth-order valence-corrected chi connectivity index (χ4v) is 2.64. The van der Waals surface area contributed by atoms with Crippen molar-refractivity contribution in [1.29, 1.82) is 0 Å². The van der Waals surface area contributed by atoms with E-state index in [0.29, 0.717) is 22.4 Å². The second-order valence-corrected chi connectivity index (χ2v) is 6.90. The molecule has 3 rings (SSSR count). The summed E-state index contributed by atoms with van der Waals surface area (Å²) in [4.78, 5) is 15.7. The summed E-state index contributed by atoms with van der Waals surface area (Å²) in [6, 6.07) is 8.11. The van der Waals surface area contributed by atoms with Crippen molar-refractivity contribution in [1.82, 2.24) is 4.98 Å². The second-order valence-electron chi connectivity index (χ2n) is 6.90. The standard InChI is InChI=1S/C19H18FNO3/c1-10-7-11(5-6-13(10)20)14-8-12(19(2,3)4)17-15(21-14)9-16(24-17)18(22)23/h5-9H,1-4H3,(H,22,23). The number of aryl methyl sites for hydroxylation is 1. The first-order valence-electron chi connectivity index (χ1n) is 7.61. The molecule has 0 saturated heterocycles. The number of carboxylic acids is 1. The van der Waals surface area contributed by atoms with E-state index >= 15 is 0 Å². The quantitative estimate of drug-likeness (QED) is 0.724. The molecule has 124 valence electrons. The summed E-state index contributed by atoms with van der Waals surface area (Å²) in [6.07, 6.45) is 0. The Bertz CT molecular complexity index is 951. The van der Waals surface area contributed by atoms with Gasteiger partial charge in [0.15, 0.2) is 5.58 Å². The molecule has 0 saturated carbocycles. The maximum absolute atomic E-state index is 13.5. The number of fused-ring (bicyclic) bond motifs is 1. The molecular formula is C19H18FNO3. The highest BCUT2D eigenvalue weighted by Crippen LogP contribution is 2.34. The molecule has 0 aliphatic rings. The fourth-order valence-electron chi connectivity index (χ4n) is 2.64. The van der Waals surface area contributed by atoms with Crippen LogP contribution in [0.2, 0.25) is 0 Å². The van der Waals surface area contributed by atoms with Crippen LogP contribution < -0.4 is 0 Å². The van der Waals surface area contributed by atoms with Crippen molar-refractivity contribution in [3.8, 4) is 11.3 Å². The Hall–Kier alpha value is -2.69. The number of carboxylic acid groups (broad SMARTS) is 1. The van der Waals surface area contributed by atoms with Crippen LogP contribution in [0.1, 0.15) is 42.5 Å². The van der Waals surface area contributed by atoms with Crippen LogP contribution in [0.5, 0.6) is 0 Å². The molecule has 0 amide bonds. The first-order valence-corrected chi connectivity index (χ1v) is 7.61. The Morgan fingerprint density at radius 1 is 1.21 bits per heavy atom. The molecule has 5 heteroatoms. The van der Waals surface area contributed by atoms with E-state index in [-0.39, 0.29) is 17.0 Å². The summed E-state index contributed by atoms with van der Waals surface area (Å²) < 4.78 is 19.0. The Labute approximate surface area is 138 Å². The summed E-state index contributed by atoms with van der Waals surface area (Å²) in [5.41, 5.74) is 3.52. The van der Waals surface area contributed by atoms with Crippen LogP contribution in [0.4, 0.5) is 4.39 Å². The molecule has 0 unspecified atom stereocenters. The predicted molar refractivity (Wildman–Crippen MR) is 89.8 cm³/mol. The van der Waals surface area contributed by atoms with Crippen molar-refractivity contribution < 1.29 is 18.7 Å². The lowest BCUT2D eigenvalue weighted by atomic mass is 9.86. The molecule has 0 fully saturated rings. The molecule has 0 bridgehead atoms. The number of carbonyl (C=O) groups is 1. The van der Waals surface area contributed by atoms with Crippen LogP contribution >= 0.6 is 0 Å². The van der Waals surface area contributed by atoms with Gasteiger partial charge in [-0.15, -0.1) is 0 Å². The van der Waals surface area contributed by atoms with E-state index in [4.69, 9.17) is 9.52 Å². The van der Waals surface area contributed by atoms with Gasteiger partial charge in [0.25, 0.3) is 0 Å². The smallest absolute Gasteiger partial charge is 0.371 e. The average Bonchev–Trinajstić information content (AvgIpc) is 2.92. The van der Waals surface area contributed by atoms with Crippen LogP contribution in [0.25, 0.3) is 22.4 Å². The van der Waals surface area contributed by atoms with Gasteiger partial charge in [0, 0.05) is 17.2 Å². The molecule has 2 aromatic heterocycles. The van der Waals surface area contributed by atoms with E-state index in [9.17, 15) is 9.18 Å². The highest BCUT2D eigenvalue weighted by molar-refractivity contribution is 5.92. The molecule has 0 aliphatic carbocycles. The molecule has 0 radical (unpaired) electrons. The zero-order valence-electron chi connectivity index (χ0n) is 14.0. The number of hydrogen-bond donors (Lipinski definition) is 1. The van der Waals surface area contributed by atoms with E-state index in [1.54, 1.807) is 19.1 Å². The molecule has 4 nitrogen and oxygen atoms in total. The van der Waals surface area contributed by atoms with Crippen molar-refractivity contribution in [2.45, 2.75) is 33.1 Å². The highest BCUT2D eigenvalue weighted by atomic mass is 19.1. The van der Waals surface area contributed by atoms with E-state index in [0.717, 1.165) is 11.1 Å². The summed E-state index contributed by atoms with van der Waals surface area (Å²) in [7, 11) is 0. The Morgan fingerprint density at radius 3 is 2.50 bits per heavy atom. The fraction of sp³-hybridized carbons (Fsp3) is 0.263. The zero-order valence-corrected chi connectivity index (χ0v) is 14.0. The van der Waals surface area contributed by atoms with Crippen molar-refractivity contribution >= 4 is 17.1 Å². The Balaban J connectivity index is 2.29. The largest absolute Gasteiger partial charge is 0.475 e. The van der Waals surface area contributed by atoms with Crippen molar-refractivity contribution in [3.05, 3.63) is 53.0 Å². The van der Waals surface area contributed by atoms with Gasteiger partial charge in [0.05, 0.1) is 5.69 Å². The average molecular weight is 327 g/mol. The third-order valence-corrected chi connectivity index (χ3v) is 3.95. The first kappa shape index (κ1) is 16.2. The van der Waals surface area contributed by atoms with Gasteiger partial charge in [-0.3, -0.25) is 0 Å². The predicted octanol–water partition coefficient (Wildman–Crippen LogP) is 4.94. The molecular weight excluding hydrogens is 309 g/mol. The number of hydrogen-bond acceptors (Lipinski definition) is 3. The van der Waals surface area contributed by atoms with Gasteiger partial charge in [-0.1, -0.05) is 20.8 Å². The van der Waals surface area contributed by atoms with Crippen LogP contribution in [0.3, 0.4) is 0 Å². The topological polar surface area (TPSA) is 63.3 Å². The SMILES string of the molecule is Cc1cc(-c2cc(C(C)(C)C)c3oc(C(=O)O)cc3n2)ccc1F. The molecule has 0 aliphatic heterocycles. The number of aromatic carboxylic acids is 1. The zero-order chi connectivity index (χ0) is 17.6. The molecule has 1 N–H and O–H groups in total. The number of halogens is 1. The molecule has 2 heterocycles. The van der Waals surface area contributed by atoms with Gasteiger partial charge >= 0.3 is 5.97 Å². The number of nitrogens with zero attached hydrogens (tertiary/aromatic N) is 1. The van der Waals surface area contributed by atoms with E-state index in [1.807, 2.05) is 26.8 Å². The van der Waals surface area contributed by atoms with Crippen molar-refractivity contribution in [2.75, 3.05) is 0 Å². The second kappa shape index (κ2) is 5.44. The van der Waals surface area contributed by atoms with E-state index in [1.165, 1.54) is 12.1 Å². The lowest BCUT2D eigenvalue weighted by Gasteiger charge is -2.20. The van der Waals surface area contributed by atoms with Gasteiger partial charge in [0.1, 0.15) is 11.3 Å². The van der Waals surface area contributed by atoms with Gasteiger partial charge < -0.3 is 9.52 Å². The number of benzene rings is 1. The van der Waals surface area contributed by atoms with Crippen LogP contribution in [-0.2, 0) is 5.41 Å². The molecule has 0 spiro atoms. The van der Waals surface area contributed by atoms with Gasteiger partial charge in [0.2, 0.25) is 5.76 Å². The number of rotatable bonds is 2. The van der Waals surface area contributed by atoms with Gasteiger partial charge in [-0.05, 0) is 42.2 Å². The van der Waals surface area contributed by atoms with Crippen LogP contribution in [-0.4, -0.2) is 16.1 Å². The third kappa shape index (κ3) is 2.77. The van der Waals surface area contributed by atoms with Gasteiger partial charge in [-0.25, -0.2) is 14.2 Å². The number of pyridine rings is 1. The minimum Gasteiger partial charge on any atom is -0.475 e. The highest BCUT2D eigenvalue weighted by Gasteiger charge is 2.24. The van der Waals surface area contributed by atoms with Crippen LogP contribution in [0.15, 0.2) is 34.7 Å². The lowest BCUT2D eigenvalue weighted by molar-refractivity contribution is 0.0665. The third-order valence-electron chi connectivity index (χ3n) is 3.95. The minimum atomic E-state index is -1.13. The van der Waals surface area contributed by atoms with Crippen molar-refractivity contribution in [3.63, 3.8) is 0 Å². The summed E-state index contributed by atoms with van der Waals surface area (Å²) in [5.74, 6) is -1.55. The maximum atomic E-state index is 13.5. The van der Waals surface area contributed by atoms with E-state index in [2.05, 4.69) is 4.98 Å². The molecule has 3 aromatic rings. The first-order chi connectivity index (χ1) is 11.2. The summed E-state index contributed by atoms with van der Waals surface area (Å²) in [5, 5.41) is 9.17. The molecule has 24 heavy (non-hydrogen) atoms. The summed E-state index contributed by atoms with van der Waals surface area (Å²) in [6.45, 7) is 7.75. The molecule has 0 atom stereocenters. The Kier molecular flexibility index (Phi) is 3.67. The summed E-state index contributed by atoms with van der Waals surface area (Å²) >= 11 is 0. The van der Waals surface area contributed by atoms with Crippen LogP contribution in [0, 0.1) is 12.7 Å². The lowest BCUT2D eigenvalue weighted by Crippen LogP contribution is -2.12. The van der Waals surface area contributed by atoms with Crippen molar-refractivity contribution in [2.24, 2.45) is 0 Å². The Morgan fingerprint density at radius 2 is 1.92 bits per heavy atom. The van der Waals surface area contributed by atoms with E-state index < -0.39 is 5.97 Å². The molecule has 1 aromatic carbocycles.